The summed E-state index contributed by atoms with van der Waals surface area (Å²) in [4.78, 5) is 23.7. The lowest BCUT2D eigenvalue weighted by atomic mass is 10.1. The maximum atomic E-state index is 13.1. The maximum Gasteiger partial charge on any atom is 0.291 e. The number of hydrogen-bond donors (Lipinski definition) is 1. The highest BCUT2D eigenvalue weighted by Gasteiger charge is 2.15. The Kier molecular flexibility index (Phi) is 6.32. The van der Waals surface area contributed by atoms with E-state index in [4.69, 9.17) is 16.3 Å². The van der Waals surface area contributed by atoms with Crippen molar-refractivity contribution in [2.45, 2.75) is 19.3 Å². The van der Waals surface area contributed by atoms with Gasteiger partial charge in [0, 0.05) is 6.42 Å². The van der Waals surface area contributed by atoms with Crippen LogP contribution in [0.2, 0.25) is 5.02 Å². The number of carbonyl (C=O) groups excluding carboxylic acids is 2. The zero-order valence-electron chi connectivity index (χ0n) is 13.1. The Morgan fingerprint density at radius 1 is 1.17 bits per heavy atom. The number of aryl methyl sites for hydroxylation is 1. The number of Topliss-reactive ketones (excluding diaryl/α,β-unsaturated/α-hetero) is 1. The van der Waals surface area contributed by atoms with Crippen LogP contribution < -0.4 is 10.1 Å². The van der Waals surface area contributed by atoms with Crippen molar-refractivity contribution >= 4 is 29.0 Å². The van der Waals surface area contributed by atoms with Gasteiger partial charge in [0.1, 0.15) is 11.6 Å². The van der Waals surface area contributed by atoms with Crippen molar-refractivity contribution in [1.82, 2.24) is 0 Å². The molecule has 4 nitrogen and oxygen atoms in total. The van der Waals surface area contributed by atoms with Crippen LogP contribution in [0.15, 0.2) is 42.5 Å². The fourth-order valence-corrected chi connectivity index (χ4v) is 2.31. The molecule has 0 fully saturated rings. The lowest BCUT2D eigenvalue weighted by Crippen LogP contribution is -2.22. The topological polar surface area (TPSA) is 55.4 Å². The van der Waals surface area contributed by atoms with E-state index in [1.54, 1.807) is 7.11 Å². The summed E-state index contributed by atoms with van der Waals surface area (Å²) >= 11 is 5.85. The summed E-state index contributed by atoms with van der Waals surface area (Å²) in [7, 11) is 1.59. The summed E-state index contributed by atoms with van der Waals surface area (Å²) in [6, 6.07) is 11.1. The van der Waals surface area contributed by atoms with Crippen LogP contribution >= 0.6 is 11.6 Å². The SMILES string of the molecule is COc1ccc(CCCC(=O)C(=O)Nc2cc(F)ccc2Cl)cc1. The maximum absolute atomic E-state index is 13.1. The third-order valence-electron chi connectivity index (χ3n) is 3.46. The summed E-state index contributed by atoms with van der Waals surface area (Å²) in [5, 5.41) is 2.51. The van der Waals surface area contributed by atoms with E-state index < -0.39 is 17.5 Å². The first-order chi connectivity index (χ1) is 11.5. The number of amides is 1. The van der Waals surface area contributed by atoms with Crippen molar-refractivity contribution in [3.8, 4) is 5.75 Å². The molecule has 2 rings (SSSR count). The standard InChI is InChI=1S/C18H17ClFNO3/c1-24-14-8-5-12(6-9-14)3-2-4-17(22)18(23)21-16-11-13(20)7-10-15(16)19/h5-11H,2-4H2,1H3,(H,21,23). The molecule has 2 aromatic carbocycles. The van der Waals surface area contributed by atoms with E-state index in [1.165, 1.54) is 12.1 Å². The molecule has 0 saturated carbocycles. The first kappa shape index (κ1) is 17.9. The van der Waals surface area contributed by atoms with Crippen molar-refractivity contribution in [2.24, 2.45) is 0 Å². The molecule has 0 aromatic heterocycles. The molecule has 0 aliphatic heterocycles. The van der Waals surface area contributed by atoms with Crippen molar-refractivity contribution in [1.29, 1.82) is 0 Å². The van der Waals surface area contributed by atoms with Gasteiger partial charge in [-0.15, -0.1) is 0 Å². The molecule has 0 atom stereocenters. The van der Waals surface area contributed by atoms with Crippen LogP contribution in [0, 0.1) is 5.82 Å². The molecule has 0 aliphatic rings. The number of nitrogens with one attached hydrogen (secondary N) is 1. The summed E-state index contributed by atoms with van der Waals surface area (Å²) in [6.45, 7) is 0. The molecule has 6 heteroatoms. The second-order valence-electron chi connectivity index (χ2n) is 5.20. The third kappa shape index (κ3) is 5.06. The van der Waals surface area contributed by atoms with Crippen LogP contribution in [0.1, 0.15) is 18.4 Å². The van der Waals surface area contributed by atoms with Crippen LogP contribution in [0.3, 0.4) is 0 Å². The Hall–Kier alpha value is -2.40. The van der Waals surface area contributed by atoms with Crippen LogP contribution in [0.5, 0.6) is 5.75 Å². The molecule has 24 heavy (non-hydrogen) atoms. The van der Waals surface area contributed by atoms with Crippen molar-refractivity contribution in [3.63, 3.8) is 0 Å². The number of hydrogen-bond acceptors (Lipinski definition) is 3. The first-order valence-corrected chi connectivity index (χ1v) is 7.79. The zero-order valence-corrected chi connectivity index (χ0v) is 13.9. The molecule has 0 unspecified atom stereocenters. The molecule has 0 radical (unpaired) electrons. The Balaban J connectivity index is 1.83. The number of rotatable bonds is 7. The Bertz CT molecular complexity index is 732. The number of anilines is 1. The molecule has 1 N–H and O–H groups in total. The van der Waals surface area contributed by atoms with Crippen LogP contribution in [-0.2, 0) is 16.0 Å². The predicted octanol–water partition coefficient (Wildman–Crippen LogP) is 4.02. The number of benzene rings is 2. The van der Waals surface area contributed by atoms with E-state index in [1.807, 2.05) is 24.3 Å². The van der Waals surface area contributed by atoms with Gasteiger partial charge in [0.2, 0.25) is 5.78 Å². The molecule has 0 spiro atoms. The fraction of sp³-hybridized carbons (Fsp3) is 0.222. The largest absolute Gasteiger partial charge is 0.497 e. The van der Waals surface area contributed by atoms with Gasteiger partial charge in [-0.2, -0.15) is 0 Å². The Morgan fingerprint density at radius 3 is 2.54 bits per heavy atom. The van der Waals surface area contributed by atoms with E-state index in [0.717, 1.165) is 17.4 Å². The molecule has 1 amide bonds. The normalized spacial score (nSPS) is 10.3. The number of halogens is 2. The minimum Gasteiger partial charge on any atom is -0.497 e. The fourth-order valence-electron chi connectivity index (χ4n) is 2.14. The summed E-state index contributed by atoms with van der Waals surface area (Å²) in [5.74, 6) is -1.14. The van der Waals surface area contributed by atoms with Gasteiger partial charge in [-0.25, -0.2) is 4.39 Å². The van der Waals surface area contributed by atoms with E-state index in [0.29, 0.717) is 12.8 Å². The zero-order chi connectivity index (χ0) is 17.5. The average molecular weight is 350 g/mol. The van der Waals surface area contributed by atoms with Crippen molar-refractivity contribution < 1.29 is 18.7 Å². The monoisotopic (exact) mass is 349 g/mol. The second kappa shape index (κ2) is 8.45. The minimum absolute atomic E-state index is 0.0881. The van der Waals surface area contributed by atoms with Crippen molar-refractivity contribution in [3.05, 3.63) is 58.9 Å². The Labute approximate surface area is 144 Å². The predicted molar refractivity (Wildman–Crippen MR) is 91.0 cm³/mol. The van der Waals surface area contributed by atoms with Crippen molar-refractivity contribution in [2.75, 3.05) is 12.4 Å². The molecular weight excluding hydrogens is 333 g/mol. The van der Waals surface area contributed by atoms with Gasteiger partial charge in [-0.3, -0.25) is 9.59 Å². The number of carbonyl (C=O) groups is 2. The van der Waals surface area contributed by atoms with E-state index in [9.17, 15) is 14.0 Å². The molecule has 0 aliphatic carbocycles. The lowest BCUT2D eigenvalue weighted by Gasteiger charge is -2.07. The van der Waals surface area contributed by atoms with Crippen LogP contribution in [0.4, 0.5) is 10.1 Å². The van der Waals surface area contributed by atoms with Crippen LogP contribution in [0.25, 0.3) is 0 Å². The average Bonchev–Trinajstić information content (AvgIpc) is 2.58. The smallest absolute Gasteiger partial charge is 0.291 e. The Morgan fingerprint density at radius 2 is 1.88 bits per heavy atom. The molecular formula is C18H17ClFNO3. The number of ketones is 1. The summed E-state index contributed by atoms with van der Waals surface area (Å²) < 4.78 is 18.2. The molecule has 2 aromatic rings. The van der Waals surface area contributed by atoms with Gasteiger partial charge in [-0.05, 0) is 48.7 Å². The first-order valence-electron chi connectivity index (χ1n) is 7.42. The van der Waals surface area contributed by atoms with Crippen LogP contribution in [-0.4, -0.2) is 18.8 Å². The molecule has 126 valence electrons. The highest BCUT2D eigenvalue weighted by atomic mass is 35.5. The molecule has 0 heterocycles. The summed E-state index contributed by atoms with van der Waals surface area (Å²) in [5.41, 5.74) is 1.14. The van der Waals surface area contributed by atoms with E-state index in [2.05, 4.69) is 5.32 Å². The third-order valence-corrected chi connectivity index (χ3v) is 3.79. The van der Waals surface area contributed by atoms with Gasteiger partial charge in [-0.1, -0.05) is 23.7 Å². The van der Waals surface area contributed by atoms with Gasteiger partial charge < -0.3 is 10.1 Å². The lowest BCUT2D eigenvalue weighted by molar-refractivity contribution is -0.134. The quantitative estimate of drug-likeness (QED) is 0.768. The summed E-state index contributed by atoms with van der Waals surface area (Å²) in [6.07, 6.45) is 1.31. The minimum atomic E-state index is -0.794. The van der Waals surface area contributed by atoms with E-state index in [-0.39, 0.29) is 17.1 Å². The number of ether oxygens (including phenoxy) is 1. The van der Waals surface area contributed by atoms with Gasteiger partial charge in [0.15, 0.2) is 0 Å². The highest BCUT2D eigenvalue weighted by molar-refractivity contribution is 6.42. The molecule has 0 bridgehead atoms. The number of methoxy groups -OCH3 is 1. The van der Waals surface area contributed by atoms with Gasteiger partial charge >= 0.3 is 0 Å². The van der Waals surface area contributed by atoms with E-state index >= 15 is 0 Å². The van der Waals surface area contributed by atoms with Gasteiger partial charge in [0.25, 0.3) is 5.91 Å². The van der Waals surface area contributed by atoms with Gasteiger partial charge in [0.05, 0.1) is 17.8 Å². The molecule has 0 saturated heterocycles. The highest BCUT2D eigenvalue weighted by Crippen LogP contribution is 2.22. The second-order valence-corrected chi connectivity index (χ2v) is 5.61.